The number of carboxylic acid groups (broad SMARTS) is 1. The summed E-state index contributed by atoms with van der Waals surface area (Å²) in [6.07, 6.45) is 3.46. The van der Waals surface area contributed by atoms with Gasteiger partial charge in [-0.05, 0) is 48.6 Å². The van der Waals surface area contributed by atoms with Gasteiger partial charge in [0.1, 0.15) is 0 Å². The van der Waals surface area contributed by atoms with Gasteiger partial charge >= 0.3 is 5.97 Å². The molecule has 2 N–H and O–H groups in total. The fourth-order valence-electron chi connectivity index (χ4n) is 1.73. The second kappa shape index (κ2) is 9.23. The van der Waals surface area contributed by atoms with Crippen molar-refractivity contribution >= 4 is 29.7 Å². The van der Waals surface area contributed by atoms with Crippen molar-refractivity contribution in [3.63, 3.8) is 0 Å². The summed E-state index contributed by atoms with van der Waals surface area (Å²) in [6.45, 7) is 4.10. The summed E-state index contributed by atoms with van der Waals surface area (Å²) in [5.74, 6) is 0.972. The number of thioether (sulfide) groups is 1. The van der Waals surface area contributed by atoms with Gasteiger partial charge < -0.3 is 10.4 Å². The Balaban J connectivity index is 2.61. The van der Waals surface area contributed by atoms with Crippen molar-refractivity contribution in [2.45, 2.75) is 26.3 Å². The van der Waals surface area contributed by atoms with E-state index in [9.17, 15) is 9.59 Å². The average Bonchev–Trinajstić information content (AvgIpc) is 2.45. The maximum Gasteiger partial charge on any atom is 0.328 e. The van der Waals surface area contributed by atoms with Crippen LogP contribution in [-0.2, 0) is 4.79 Å². The maximum atomic E-state index is 12.1. The van der Waals surface area contributed by atoms with Crippen molar-refractivity contribution in [2.24, 2.45) is 0 Å². The van der Waals surface area contributed by atoms with E-state index >= 15 is 0 Å². The molecule has 0 saturated heterocycles. The Morgan fingerprint density at radius 2 is 2.19 bits per heavy atom. The van der Waals surface area contributed by atoms with Crippen LogP contribution in [0, 0.1) is 0 Å². The largest absolute Gasteiger partial charge is 0.478 e. The third kappa shape index (κ3) is 6.99. The van der Waals surface area contributed by atoms with Gasteiger partial charge in [0.15, 0.2) is 0 Å². The molecule has 114 valence electrons. The van der Waals surface area contributed by atoms with Crippen LogP contribution in [-0.4, -0.2) is 34.5 Å². The molecule has 1 atom stereocenters. The van der Waals surface area contributed by atoms with Gasteiger partial charge in [0, 0.05) is 17.7 Å². The monoisotopic (exact) mass is 307 g/mol. The molecule has 1 unspecified atom stereocenters. The lowest BCUT2D eigenvalue weighted by molar-refractivity contribution is -0.131. The lowest BCUT2D eigenvalue weighted by Crippen LogP contribution is -2.32. The molecule has 0 heterocycles. The summed E-state index contributed by atoms with van der Waals surface area (Å²) in [5, 5.41) is 11.6. The summed E-state index contributed by atoms with van der Waals surface area (Å²) in [4.78, 5) is 22.6. The molecule has 0 aliphatic carbocycles. The van der Waals surface area contributed by atoms with E-state index in [1.165, 1.54) is 6.08 Å². The maximum absolute atomic E-state index is 12.1. The molecular formula is C16H21NO3S. The van der Waals surface area contributed by atoms with Crippen LogP contribution in [0.15, 0.2) is 30.3 Å². The van der Waals surface area contributed by atoms with Crippen LogP contribution in [0.4, 0.5) is 0 Å². The Morgan fingerprint density at radius 3 is 2.86 bits per heavy atom. The fraction of sp³-hybridized carbons (Fsp3) is 0.375. The Hall–Kier alpha value is -1.75. The van der Waals surface area contributed by atoms with Gasteiger partial charge in [-0.25, -0.2) is 4.79 Å². The minimum Gasteiger partial charge on any atom is -0.478 e. The van der Waals surface area contributed by atoms with Gasteiger partial charge in [-0.15, -0.1) is 0 Å². The number of benzene rings is 1. The number of hydrogen-bond acceptors (Lipinski definition) is 3. The SMILES string of the molecule is CCSCCC(C)NC(=O)c1cccc(/C=C/C(=O)O)c1. The average molecular weight is 307 g/mol. The highest BCUT2D eigenvalue weighted by Gasteiger charge is 2.09. The third-order valence-corrected chi connectivity index (χ3v) is 3.78. The smallest absolute Gasteiger partial charge is 0.328 e. The first-order valence-corrected chi connectivity index (χ1v) is 8.08. The number of carbonyl (C=O) groups is 2. The Labute approximate surface area is 129 Å². The molecule has 21 heavy (non-hydrogen) atoms. The van der Waals surface area contributed by atoms with Crippen LogP contribution in [0.25, 0.3) is 6.08 Å². The molecule has 0 radical (unpaired) electrons. The summed E-state index contributed by atoms with van der Waals surface area (Å²) in [6, 6.07) is 7.03. The van der Waals surface area contributed by atoms with E-state index in [4.69, 9.17) is 5.11 Å². The summed E-state index contributed by atoms with van der Waals surface area (Å²) in [5.41, 5.74) is 1.23. The quantitative estimate of drug-likeness (QED) is 0.572. The van der Waals surface area contributed by atoms with E-state index in [0.29, 0.717) is 11.1 Å². The number of rotatable bonds is 8. The highest BCUT2D eigenvalue weighted by molar-refractivity contribution is 7.99. The molecule has 0 aliphatic heterocycles. The number of carboxylic acids is 1. The van der Waals surface area contributed by atoms with Gasteiger partial charge in [0.25, 0.3) is 5.91 Å². The van der Waals surface area contributed by atoms with Crippen LogP contribution in [0.1, 0.15) is 36.2 Å². The van der Waals surface area contributed by atoms with Crippen molar-refractivity contribution in [2.75, 3.05) is 11.5 Å². The lowest BCUT2D eigenvalue weighted by atomic mass is 10.1. The van der Waals surface area contributed by atoms with Crippen LogP contribution in [0.2, 0.25) is 0 Å². The van der Waals surface area contributed by atoms with Crippen LogP contribution in [0.5, 0.6) is 0 Å². The fourth-order valence-corrected chi connectivity index (χ4v) is 2.54. The van der Waals surface area contributed by atoms with Crippen molar-refractivity contribution < 1.29 is 14.7 Å². The summed E-state index contributed by atoms with van der Waals surface area (Å²) >= 11 is 1.86. The number of aliphatic carboxylic acids is 1. The van der Waals surface area contributed by atoms with Gasteiger partial charge in [0.2, 0.25) is 0 Å². The van der Waals surface area contributed by atoms with Crippen molar-refractivity contribution in [3.05, 3.63) is 41.5 Å². The van der Waals surface area contributed by atoms with Gasteiger partial charge in [-0.1, -0.05) is 19.1 Å². The van der Waals surface area contributed by atoms with Gasteiger partial charge in [-0.2, -0.15) is 11.8 Å². The number of amides is 1. The normalized spacial score (nSPS) is 12.3. The van der Waals surface area contributed by atoms with Gasteiger partial charge in [0.05, 0.1) is 0 Å². The Morgan fingerprint density at radius 1 is 1.43 bits per heavy atom. The molecular weight excluding hydrogens is 286 g/mol. The summed E-state index contributed by atoms with van der Waals surface area (Å²) < 4.78 is 0. The molecule has 4 nitrogen and oxygen atoms in total. The molecule has 5 heteroatoms. The molecule has 1 aromatic rings. The first-order valence-electron chi connectivity index (χ1n) is 6.92. The van der Waals surface area contributed by atoms with E-state index in [-0.39, 0.29) is 11.9 Å². The molecule has 1 rings (SSSR count). The lowest BCUT2D eigenvalue weighted by Gasteiger charge is -2.13. The molecule has 0 fully saturated rings. The second-order valence-electron chi connectivity index (χ2n) is 4.66. The van der Waals surface area contributed by atoms with E-state index in [0.717, 1.165) is 24.0 Å². The molecule has 0 aliphatic rings. The molecule has 0 spiro atoms. The molecule has 0 aromatic heterocycles. The standard InChI is InChI=1S/C16H21NO3S/c1-3-21-10-9-12(2)17-16(20)14-6-4-5-13(11-14)7-8-15(18)19/h4-8,11-12H,3,9-10H2,1-2H3,(H,17,20)(H,18,19)/b8-7+. The molecule has 1 amide bonds. The predicted molar refractivity (Wildman–Crippen MR) is 87.7 cm³/mol. The first-order chi connectivity index (χ1) is 10.0. The zero-order chi connectivity index (χ0) is 15.7. The molecule has 1 aromatic carbocycles. The van der Waals surface area contributed by atoms with Crippen molar-refractivity contribution in [3.8, 4) is 0 Å². The van der Waals surface area contributed by atoms with Crippen molar-refractivity contribution in [1.82, 2.24) is 5.32 Å². The third-order valence-electron chi connectivity index (χ3n) is 2.84. The van der Waals surface area contributed by atoms with E-state index < -0.39 is 5.97 Å². The highest BCUT2D eigenvalue weighted by Crippen LogP contribution is 2.09. The second-order valence-corrected chi connectivity index (χ2v) is 6.05. The molecule has 0 saturated carbocycles. The van der Waals surface area contributed by atoms with Crippen LogP contribution < -0.4 is 5.32 Å². The van der Waals surface area contributed by atoms with Crippen LogP contribution in [0.3, 0.4) is 0 Å². The first kappa shape index (κ1) is 17.3. The Bertz CT molecular complexity index is 514. The number of nitrogens with one attached hydrogen (secondary N) is 1. The minimum atomic E-state index is -1.01. The van der Waals surface area contributed by atoms with Crippen LogP contribution >= 0.6 is 11.8 Å². The minimum absolute atomic E-state index is 0.120. The summed E-state index contributed by atoms with van der Waals surface area (Å²) in [7, 11) is 0. The number of carbonyl (C=O) groups excluding carboxylic acids is 1. The van der Waals surface area contributed by atoms with E-state index in [1.54, 1.807) is 24.3 Å². The zero-order valence-electron chi connectivity index (χ0n) is 12.3. The zero-order valence-corrected chi connectivity index (χ0v) is 13.2. The van der Waals surface area contributed by atoms with E-state index in [1.807, 2.05) is 18.7 Å². The van der Waals surface area contributed by atoms with Gasteiger partial charge in [-0.3, -0.25) is 4.79 Å². The van der Waals surface area contributed by atoms with E-state index in [2.05, 4.69) is 12.2 Å². The Kier molecular flexibility index (Phi) is 7.61. The topological polar surface area (TPSA) is 66.4 Å². The predicted octanol–water partition coefficient (Wildman–Crippen LogP) is 3.05. The highest BCUT2D eigenvalue weighted by atomic mass is 32.2. The molecule has 0 bridgehead atoms. The van der Waals surface area contributed by atoms with Crippen molar-refractivity contribution in [1.29, 1.82) is 0 Å². The number of hydrogen-bond donors (Lipinski definition) is 2.